The Kier molecular flexibility index (Phi) is 1.64. The molecule has 0 saturated heterocycles. The number of hydrogen-bond acceptors (Lipinski definition) is 1. The van der Waals surface area contributed by atoms with Crippen LogP contribution >= 0.6 is 11.6 Å². The lowest BCUT2D eigenvalue weighted by Crippen LogP contribution is -2.33. The summed E-state index contributed by atoms with van der Waals surface area (Å²) in [6.45, 7) is 0. The van der Waals surface area contributed by atoms with E-state index in [0.29, 0.717) is 12.2 Å². The van der Waals surface area contributed by atoms with Gasteiger partial charge in [-0.3, -0.25) is 0 Å². The quantitative estimate of drug-likeness (QED) is 0.433. The maximum atomic E-state index is 12.4. The van der Waals surface area contributed by atoms with Gasteiger partial charge in [-0.25, -0.2) is 4.39 Å². The number of dihydropyridines is 1. The highest BCUT2D eigenvalue weighted by Crippen LogP contribution is 2.24. The Morgan fingerprint density at radius 3 is 2.50 bits per heavy atom. The lowest BCUT2D eigenvalue weighted by atomic mass is 10.3. The van der Waals surface area contributed by atoms with Crippen LogP contribution in [0.5, 0.6) is 0 Å². The molecule has 0 aromatic carbocycles. The first-order chi connectivity index (χ1) is 4.51. The van der Waals surface area contributed by atoms with Crippen molar-refractivity contribution in [2.45, 2.75) is 5.25 Å². The predicted molar refractivity (Wildman–Crippen MR) is 31.2 cm³/mol. The van der Waals surface area contributed by atoms with E-state index in [2.05, 4.69) is 0 Å². The average molecular weight is 170 g/mol. The standard InChI is InChI=1S/C5H3ClF3N/c6-5(9)2-1-3(7)4(8)10-5/h1-2,10H. The second-order valence-corrected chi connectivity index (χ2v) is 2.29. The molecule has 0 saturated carbocycles. The first kappa shape index (κ1) is 7.47. The molecule has 1 rings (SSSR count). The van der Waals surface area contributed by atoms with Crippen molar-refractivity contribution in [1.29, 1.82) is 0 Å². The number of allylic oxidation sites excluding steroid dienone is 2. The Balaban J connectivity index is 2.85. The monoisotopic (exact) mass is 169 g/mol. The van der Waals surface area contributed by atoms with E-state index in [1.807, 2.05) is 0 Å². The van der Waals surface area contributed by atoms with Crippen LogP contribution in [0, 0.1) is 0 Å². The largest absolute Gasteiger partial charge is 0.311 e. The molecule has 1 atom stereocenters. The number of rotatable bonds is 0. The van der Waals surface area contributed by atoms with Crippen molar-refractivity contribution in [3.05, 3.63) is 23.9 Å². The third-order valence-corrected chi connectivity index (χ3v) is 1.15. The van der Waals surface area contributed by atoms with Crippen LogP contribution in [0.15, 0.2) is 23.9 Å². The first-order valence-electron chi connectivity index (χ1n) is 2.42. The smallest absolute Gasteiger partial charge is 0.277 e. The molecule has 56 valence electrons. The van der Waals surface area contributed by atoms with E-state index >= 15 is 0 Å². The summed E-state index contributed by atoms with van der Waals surface area (Å²) in [4.78, 5) is 0. The van der Waals surface area contributed by atoms with Gasteiger partial charge in [-0.15, -0.1) is 0 Å². The highest BCUT2D eigenvalue weighted by molar-refractivity contribution is 6.24. The van der Waals surface area contributed by atoms with Crippen LogP contribution in [0.1, 0.15) is 0 Å². The van der Waals surface area contributed by atoms with Gasteiger partial charge in [0.05, 0.1) is 0 Å². The Morgan fingerprint density at radius 1 is 1.50 bits per heavy atom. The first-order valence-corrected chi connectivity index (χ1v) is 2.79. The van der Waals surface area contributed by atoms with Gasteiger partial charge in [0, 0.05) is 0 Å². The Morgan fingerprint density at radius 2 is 2.10 bits per heavy atom. The molecule has 0 spiro atoms. The molecule has 10 heavy (non-hydrogen) atoms. The summed E-state index contributed by atoms with van der Waals surface area (Å²) in [5, 5.41) is -1.05. The molecule has 0 bridgehead atoms. The van der Waals surface area contributed by atoms with E-state index in [-0.39, 0.29) is 0 Å². The summed E-state index contributed by atoms with van der Waals surface area (Å²) in [5.41, 5.74) is 0. The molecule has 1 aliphatic heterocycles. The molecule has 1 nitrogen and oxygen atoms in total. The summed E-state index contributed by atoms with van der Waals surface area (Å²) in [6, 6.07) is 0. The lowest BCUT2D eigenvalue weighted by Gasteiger charge is -2.17. The topological polar surface area (TPSA) is 12.0 Å². The lowest BCUT2D eigenvalue weighted by molar-refractivity contribution is 0.268. The zero-order valence-corrected chi connectivity index (χ0v) is 5.42. The van der Waals surface area contributed by atoms with E-state index < -0.39 is 17.0 Å². The second kappa shape index (κ2) is 2.20. The van der Waals surface area contributed by atoms with E-state index in [1.165, 1.54) is 5.32 Å². The summed E-state index contributed by atoms with van der Waals surface area (Å²) in [6.07, 6.45) is 1.30. The molecule has 0 fully saturated rings. The summed E-state index contributed by atoms with van der Waals surface area (Å²) < 4.78 is 36.6. The van der Waals surface area contributed by atoms with E-state index in [4.69, 9.17) is 11.6 Å². The van der Waals surface area contributed by atoms with Gasteiger partial charge in [0.15, 0.2) is 5.83 Å². The predicted octanol–water partition coefficient (Wildman–Crippen LogP) is 2.12. The normalized spacial score (nSPS) is 32.4. The maximum Gasteiger partial charge on any atom is 0.277 e. The van der Waals surface area contributed by atoms with Crippen LogP contribution in [0.4, 0.5) is 13.2 Å². The van der Waals surface area contributed by atoms with Crippen LogP contribution in [-0.4, -0.2) is 5.25 Å². The van der Waals surface area contributed by atoms with Crippen LogP contribution < -0.4 is 5.32 Å². The zero-order chi connectivity index (χ0) is 7.78. The van der Waals surface area contributed by atoms with Crippen LogP contribution in [0.2, 0.25) is 0 Å². The highest BCUT2D eigenvalue weighted by atomic mass is 35.5. The number of nitrogens with one attached hydrogen (secondary N) is 1. The molecule has 0 aliphatic carbocycles. The molecule has 5 heteroatoms. The van der Waals surface area contributed by atoms with Gasteiger partial charge < -0.3 is 5.32 Å². The van der Waals surface area contributed by atoms with Gasteiger partial charge in [0.1, 0.15) is 0 Å². The minimum absolute atomic E-state index is 0.624. The number of hydrogen-bond donors (Lipinski definition) is 1. The van der Waals surface area contributed by atoms with Crippen molar-refractivity contribution in [2.24, 2.45) is 0 Å². The highest BCUT2D eigenvalue weighted by Gasteiger charge is 2.28. The fraction of sp³-hybridized carbons (Fsp3) is 0.200. The van der Waals surface area contributed by atoms with Crippen molar-refractivity contribution in [1.82, 2.24) is 5.32 Å². The molecule has 0 aromatic heterocycles. The van der Waals surface area contributed by atoms with E-state index in [1.54, 1.807) is 0 Å². The average Bonchev–Trinajstić information content (AvgIpc) is 1.79. The van der Waals surface area contributed by atoms with Gasteiger partial charge in [-0.2, -0.15) is 8.78 Å². The third-order valence-electron chi connectivity index (χ3n) is 0.925. The van der Waals surface area contributed by atoms with Crippen molar-refractivity contribution in [3.8, 4) is 0 Å². The number of halogens is 4. The molecule has 1 heterocycles. The van der Waals surface area contributed by atoms with Gasteiger partial charge in [0.2, 0.25) is 5.95 Å². The van der Waals surface area contributed by atoms with Gasteiger partial charge >= 0.3 is 0 Å². The molecule has 0 amide bonds. The third kappa shape index (κ3) is 1.44. The van der Waals surface area contributed by atoms with Crippen LogP contribution in [0.25, 0.3) is 0 Å². The summed E-state index contributed by atoms with van der Waals surface area (Å²) >= 11 is 4.93. The van der Waals surface area contributed by atoms with Crippen molar-refractivity contribution >= 4 is 11.6 Å². The van der Waals surface area contributed by atoms with Crippen molar-refractivity contribution < 1.29 is 13.2 Å². The summed E-state index contributed by atoms with van der Waals surface area (Å²) in [5.74, 6) is -2.55. The molecule has 1 N–H and O–H groups in total. The minimum Gasteiger partial charge on any atom is -0.311 e. The van der Waals surface area contributed by atoms with Gasteiger partial charge in [-0.05, 0) is 12.2 Å². The van der Waals surface area contributed by atoms with Crippen molar-refractivity contribution in [3.63, 3.8) is 0 Å². The summed E-state index contributed by atoms with van der Waals surface area (Å²) in [7, 11) is 0. The molecule has 0 aromatic rings. The van der Waals surface area contributed by atoms with Crippen LogP contribution in [-0.2, 0) is 0 Å². The molecular formula is C5H3ClF3N. The zero-order valence-electron chi connectivity index (χ0n) is 4.67. The fourth-order valence-electron chi connectivity index (χ4n) is 0.499. The maximum absolute atomic E-state index is 12.4. The van der Waals surface area contributed by atoms with E-state index in [9.17, 15) is 13.2 Å². The Bertz CT molecular complexity index is 209. The minimum atomic E-state index is -2.50. The fourth-order valence-corrected chi connectivity index (χ4v) is 0.645. The number of alkyl halides is 2. The Hall–Kier alpha value is -0.640. The SMILES string of the molecule is FC1=C(F)NC(F)(Cl)C=C1. The second-order valence-electron chi connectivity index (χ2n) is 1.74. The van der Waals surface area contributed by atoms with Crippen LogP contribution in [0.3, 0.4) is 0 Å². The molecule has 1 unspecified atom stereocenters. The van der Waals surface area contributed by atoms with E-state index in [0.717, 1.165) is 0 Å². The van der Waals surface area contributed by atoms with Gasteiger partial charge in [0.25, 0.3) is 5.25 Å². The Labute approximate surface area is 60.2 Å². The molecule has 0 radical (unpaired) electrons. The molecular weight excluding hydrogens is 167 g/mol. The van der Waals surface area contributed by atoms with Crippen molar-refractivity contribution in [2.75, 3.05) is 0 Å². The van der Waals surface area contributed by atoms with Gasteiger partial charge in [-0.1, -0.05) is 11.6 Å². The molecule has 1 aliphatic rings.